The fraction of sp³-hybridized carbons (Fsp3) is 0.133. The monoisotopic (exact) mass is 276 g/mol. The minimum atomic E-state index is -0.939. The van der Waals surface area contributed by atoms with E-state index in [0.717, 1.165) is 5.56 Å². The molecule has 1 N–H and O–H groups in total. The van der Waals surface area contributed by atoms with E-state index in [-0.39, 0.29) is 5.56 Å². The molecule has 0 atom stereocenters. The number of aromatic carboxylic acids is 1. The molecule has 2 aromatic carbocycles. The van der Waals surface area contributed by atoms with Gasteiger partial charge in [0, 0.05) is 5.02 Å². The summed E-state index contributed by atoms with van der Waals surface area (Å²) in [6, 6.07) is 10.3. The zero-order valence-corrected chi connectivity index (χ0v) is 11.4. The molecule has 0 aliphatic rings. The molecule has 0 spiro atoms. The molecule has 4 heteroatoms. The molecule has 0 aliphatic carbocycles. The molecule has 0 bridgehead atoms. The Hall–Kier alpha value is -2.00. The van der Waals surface area contributed by atoms with E-state index < -0.39 is 5.97 Å². The van der Waals surface area contributed by atoms with Gasteiger partial charge in [-0.05, 0) is 61.4 Å². The number of ether oxygens (including phenoxy) is 1. The fourth-order valence-corrected chi connectivity index (χ4v) is 1.87. The number of rotatable bonds is 3. The maximum atomic E-state index is 10.9. The third-order valence-corrected chi connectivity index (χ3v) is 3.22. The van der Waals surface area contributed by atoms with Crippen LogP contribution in [0.25, 0.3) is 0 Å². The zero-order chi connectivity index (χ0) is 14.0. The lowest BCUT2D eigenvalue weighted by molar-refractivity contribution is 0.0696. The number of carbonyl (C=O) groups is 1. The Balaban J connectivity index is 2.26. The molecule has 2 rings (SSSR count). The summed E-state index contributed by atoms with van der Waals surface area (Å²) in [5.41, 5.74) is 1.87. The van der Waals surface area contributed by atoms with E-state index in [4.69, 9.17) is 21.4 Å². The van der Waals surface area contributed by atoms with Crippen molar-refractivity contribution in [3.8, 4) is 11.5 Å². The molecular formula is C15H13ClO3. The molecule has 2 aromatic rings. The molecule has 0 unspecified atom stereocenters. The number of hydrogen-bond acceptors (Lipinski definition) is 2. The van der Waals surface area contributed by atoms with Gasteiger partial charge in [0.1, 0.15) is 11.5 Å². The molecule has 19 heavy (non-hydrogen) atoms. The number of halogens is 1. The average molecular weight is 277 g/mol. The van der Waals surface area contributed by atoms with E-state index in [1.54, 1.807) is 31.2 Å². The van der Waals surface area contributed by atoms with Crippen molar-refractivity contribution in [3.63, 3.8) is 0 Å². The summed E-state index contributed by atoms with van der Waals surface area (Å²) in [4.78, 5) is 10.9. The van der Waals surface area contributed by atoms with Gasteiger partial charge < -0.3 is 9.84 Å². The van der Waals surface area contributed by atoms with Crippen molar-refractivity contribution in [2.24, 2.45) is 0 Å². The van der Waals surface area contributed by atoms with Crippen LogP contribution in [0, 0.1) is 13.8 Å². The highest BCUT2D eigenvalue weighted by molar-refractivity contribution is 6.31. The summed E-state index contributed by atoms with van der Waals surface area (Å²) in [7, 11) is 0. The highest BCUT2D eigenvalue weighted by atomic mass is 35.5. The van der Waals surface area contributed by atoms with Gasteiger partial charge in [-0.25, -0.2) is 4.79 Å². The summed E-state index contributed by atoms with van der Waals surface area (Å²) in [5.74, 6) is 0.333. The number of carboxylic acid groups (broad SMARTS) is 1. The smallest absolute Gasteiger partial charge is 0.335 e. The molecule has 0 saturated carbocycles. The van der Waals surface area contributed by atoms with Gasteiger partial charge >= 0.3 is 5.97 Å². The van der Waals surface area contributed by atoms with Gasteiger partial charge in [-0.1, -0.05) is 11.6 Å². The van der Waals surface area contributed by atoms with Crippen molar-refractivity contribution in [1.29, 1.82) is 0 Å². The fourth-order valence-electron chi connectivity index (χ4n) is 1.76. The zero-order valence-electron chi connectivity index (χ0n) is 10.6. The molecule has 0 aromatic heterocycles. The van der Waals surface area contributed by atoms with Crippen molar-refractivity contribution < 1.29 is 14.6 Å². The van der Waals surface area contributed by atoms with Crippen molar-refractivity contribution in [2.45, 2.75) is 13.8 Å². The Bertz CT molecular complexity index is 635. The maximum Gasteiger partial charge on any atom is 0.335 e. The maximum absolute atomic E-state index is 10.9. The van der Waals surface area contributed by atoms with E-state index in [2.05, 4.69) is 0 Å². The Kier molecular flexibility index (Phi) is 3.76. The lowest BCUT2D eigenvalue weighted by Crippen LogP contribution is -1.99. The van der Waals surface area contributed by atoms with Gasteiger partial charge in [-0.15, -0.1) is 0 Å². The van der Waals surface area contributed by atoms with E-state index in [9.17, 15) is 4.79 Å². The number of aryl methyl sites for hydroxylation is 2. The molecule has 0 fully saturated rings. The molecule has 0 saturated heterocycles. The second-order valence-corrected chi connectivity index (χ2v) is 4.70. The highest BCUT2D eigenvalue weighted by Crippen LogP contribution is 2.27. The number of hydrogen-bond donors (Lipinski definition) is 1. The quantitative estimate of drug-likeness (QED) is 0.901. The molecule has 0 heterocycles. The second-order valence-electron chi connectivity index (χ2n) is 4.29. The van der Waals surface area contributed by atoms with Crippen molar-refractivity contribution in [2.75, 3.05) is 0 Å². The predicted molar refractivity (Wildman–Crippen MR) is 74.4 cm³/mol. The van der Waals surface area contributed by atoms with Gasteiger partial charge in [0.05, 0.1) is 5.56 Å². The first-order valence-electron chi connectivity index (χ1n) is 5.75. The first kappa shape index (κ1) is 13.4. The van der Waals surface area contributed by atoms with Gasteiger partial charge in [0.15, 0.2) is 0 Å². The molecule has 0 amide bonds. The van der Waals surface area contributed by atoms with Crippen LogP contribution in [0.2, 0.25) is 5.02 Å². The Morgan fingerprint density at radius 3 is 2.16 bits per heavy atom. The van der Waals surface area contributed by atoms with Crippen LogP contribution < -0.4 is 4.74 Å². The summed E-state index contributed by atoms with van der Waals surface area (Å²) in [5, 5.41) is 9.64. The molecule has 0 radical (unpaired) electrons. The molecule has 0 aliphatic heterocycles. The van der Waals surface area contributed by atoms with Crippen molar-refractivity contribution in [1.82, 2.24) is 0 Å². The van der Waals surface area contributed by atoms with Crippen LogP contribution in [0.1, 0.15) is 21.5 Å². The first-order chi connectivity index (χ1) is 8.97. The van der Waals surface area contributed by atoms with Crippen LogP contribution >= 0.6 is 11.6 Å². The second kappa shape index (κ2) is 5.33. The topological polar surface area (TPSA) is 46.5 Å². The van der Waals surface area contributed by atoms with Crippen LogP contribution in [-0.2, 0) is 0 Å². The molecule has 3 nitrogen and oxygen atoms in total. The van der Waals surface area contributed by atoms with Crippen molar-refractivity contribution >= 4 is 17.6 Å². The van der Waals surface area contributed by atoms with E-state index in [1.165, 1.54) is 6.07 Å². The normalized spacial score (nSPS) is 10.3. The predicted octanol–water partition coefficient (Wildman–Crippen LogP) is 4.45. The minimum absolute atomic E-state index is 0.277. The molecular weight excluding hydrogens is 264 g/mol. The summed E-state index contributed by atoms with van der Waals surface area (Å²) in [6.07, 6.45) is 0. The lowest BCUT2D eigenvalue weighted by Gasteiger charge is -2.09. The van der Waals surface area contributed by atoms with Crippen LogP contribution in [-0.4, -0.2) is 11.1 Å². The summed E-state index contributed by atoms with van der Waals surface area (Å²) >= 11 is 5.94. The third-order valence-electron chi connectivity index (χ3n) is 2.79. The van der Waals surface area contributed by atoms with Crippen LogP contribution in [0.15, 0.2) is 36.4 Å². The Morgan fingerprint density at radius 2 is 1.63 bits per heavy atom. The highest BCUT2D eigenvalue weighted by Gasteiger charge is 2.08. The summed E-state index contributed by atoms with van der Waals surface area (Å²) < 4.78 is 5.68. The van der Waals surface area contributed by atoms with E-state index in [1.807, 2.05) is 13.0 Å². The van der Waals surface area contributed by atoms with Gasteiger partial charge in [-0.3, -0.25) is 0 Å². The largest absolute Gasteiger partial charge is 0.478 e. The SMILES string of the molecule is Cc1cc(Oc2ccc(C(=O)O)c(C)c2)ccc1Cl. The van der Waals surface area contributed by atoms with E-state index in [0.29, 0.717) is 22.1 Å². The Labute approximate surface area is 116 Å². The number of carboxylic acids is 1. The number of benzene rings is 2. The van der Waals surface area contributed by atoms with Crippen LogP contribution in [0.3, 0.4) is 0 Å². The minimum Gasteiger partial charge on any atom is -0.478 e. The first-order valence-corrected chi connectivity index (χ1v) is 6.13. The third kappa shape index (κ3) is 3.06. The van der Waals surface area contributed by atoms with E-state index >= 15 is 0 Å². The van der Waals surface area contributed by atoms with Gasteiger partial charge in [0.25, 0.3) is 0 Å². The van der Waals surface area contributed by atoms with Crippen LogP contribution in [0.5, 0.6) is 11.5 Å². The summed E-state index contributed by atoms with van der Waals surface area (Å²) in [6.45, 7) is 3.64. The average Bonchev–Trinajstić information content (AvgIpc) is 2.33. The molecule has 98 valence electrons. The van der Waals surface area contributed by atoms with Gasteiger partial charge in [-0.2, -0.15) is 0 Å². The lowest BCUT2D eigenvalue weighted by atomic mass is 10.1. The Morgan fingerprint density at radius 1 is 1.05 bits per heavy atom. The van der Waals surface area contributed by atoms with Crippen LogP contribution in [0.4, 0.5) is 0 Å². The van der Waals surface area contributed by atoms with Gasteiger partial charge in [0.2, 0.25) is 0 Å². The van der Waals surface area contributed by atoms with Crippen molar-refractivity contribution in [3.05, 3.63) is 58.1 Å². The standard InChI is InChI=1S/C15H13ClO3/c1-9-7-11(3-5-13(9)15(17)18)19-12-4-6-14(16)10(2)8-12/h3-8H,1-2H3,(H,17,18).